The Hall–Kier alpha value is -3.03. The van der Waals surface area contributed by atoms with E-state index in [0.29, 0.717) is 5.57 Å². The lowest BCUT2D eigenvalue weighted by atomic mass is 9.33. The van der Waals surface area contributed by atoms with Gasteiger partial charge in [0.15, 0.2) is 28.8 Å². The Labute approximate surface area is 198 Å². The summed E-state index contributed by atoms with van der Waals surface area (Å²) in [5.41, 5.74) is -7.96. The topological polar surface area (TPSA) is 124 Å². The zero-order chi connectivity index (χ0) is 25.8. The van der Waals surface area contributed by atoms with Crippen LogP contribution in [0.2, 0.25) is 0 Å². The molecule has 3 aliphatic carbocycles. The molecule has 0 aromatic rings. The maximum absolute atomic E-state index is 14.1. The Morgan fingerprint density at radius 3 is 2.29 bits per heavy atom. The van der Waals surface area contributed by atoms with Gasteiger partial charge in [0.2, 0.25) is 5.78 Å². The van der Waals surface area contributed by atoms with Gasteiger partial charge in [0.25, 0.3) is 0 Å². The quantitative estimate of drug-likeness (QED) is 0.352. The largest absolute Gasteiger partial charge is 0.504 e. The first-order valence-electron chi connectivity index (χ1n) is 11.3. The van der Waals surface area contributed by atoms with Crippen molar-refractivity contribution in [2.75, 3.05) is 7.11 Å². The van der Waals surface area contributed by atoms with Gasteiger partial charge in [-0.3, -0.25) is 24.0 Å². The van der Waals surface area contributed by atoms with E-state index in [4.69, 9.17) is 9.47 Å². The van der Waals surface area contributed by atoms with E-state index in [2.05, 4.69) is 6.58 Å². The monoisotopic (exact) mass is 470 g/mol. The molecule has 0 amide bonds. The van der Waals surface area contributed by atoms with E-state index in [-0.39, 0.29) is 17.8 Å². The van der Waals surface area contributed by atoms with Gasteiger partial charge >= 0.3 is 11.9 Å². The van der Waals surface area contributed by atoms with Gasteiger partial charge in [-0.15, -0.1) is 0 Å². The average molecular weight is 471 g/mol. The number of carbonyl (C=O) groups excluding carboxylic acids is 5. The fourth-order valence-electron chi connectivity index (χ4n) is 7.52. The predicted octanol–water partition coefficient (Wildman–Crippen LogP) is 2.82. The summed E-state index contributed by atoms with van der Waals surface area (Å²) in [5.74, 6) is -5.40. The lowest BCUT2D eigenvalue weighted by molar-refractivity contribution is -0.225. The molecule has 1 saturated heterocycles. The molecule has 0 spiro atoms. The summed E-state index contributed by atoms with van der Waals surface area (Å²) in [6.45, 7) is 13.4. The highest BCUT2D eigenvalue weighted by atomic mass is 16.6. The third-order valence-electron chi connectivity index (χ3n) is 9.34. The molecule has 4 rings (SSSR count). The second-order valence-corrected chi connectivity index (χ2v) is 11.0. The highest BCUT2D eigenvalue weighted by molar-refractivity contribution is 6.19. The fraction of sp³-hybridized carbons (Fsp3) is 0.577. The summed E-state index contributed by atoms with van der Waals surface area (Å²) in [6.07, 6.45) is 1.96. The highest BCUT2D eigenvalue weighted by Gasteiger charge is 2.84. The molecule has 1 saturated carbocycles. The van der Waals surface area contributed by atoms with Crippen LogP contribution in [-0.4, -0.2) is 47.6 Å². The molecule has 4 aliphatic rings. The van der Waals surface area contributed by atoms with Crippen LogP contribution in [0.3, 0.4) is 0 Å². The number of aliphatic hydroxyl groups is 1. The predicted molar refractivity (Wildman–Crippen MR) is 119 cm³/mol. The number of ether oxygens (including phenoxy) is 2. The van der Waals surface area contributed by atoms with Crippen LogP contribution in [0.1, 0.15) is 48.0 Å². The van der Waals surface area contributed by atoms with Crippen LogP contribution in [0.15, 0.2) is 35.6 Å². The number of esters is 2. The van der Waals surface area contributed by atoms with Crippen molar-refractivity contribution in [3.05, 3.63) is 35.6 Å². The van der Waals surface area contributed by atoms with Gasteiger partial charge in [-0.2, -0.15) is 0 Å². The van der Waals surface area contributed by atoms with Gasteiger partial charge in [0, 0.05) is 5.41 Å². The van der Waals surface area contributed by atoms with Crippen molar-refractivity contribution in [3.8, 4) is 0 Å². The average Bonchev–Trinajstić information content (AvgIpc) is 2.75. The van der Waals surface area contributed by atoms with E-state index in [0.717, 1.165) is 7.11 Å². The second-order valence-electron chi connectivity index (χ2n) is 11.0. The zero-order valence-corrected chi connectivity index (χ0v) is 20.5. The molecule has 1 heterocycles. The van der Waals surface area contributed by atoms with Crippen molar-refractivity contribution in [1.29, 1.82) is 0 Å². The number of fused-ring (bicyclic) bond motifs is 5. The SMILES string of the molecule is C=C1C[C@@H]2[C@@]3(C)C=CC(=O)C(C)(C)C3=C(O)C(=O)[C@@]2(C)[C@]2(C(=O)OC)C(=O)O[C@H](C)C(=O)[C@@]12C. The van der Waals surface area contributed by atoms with E-state index in [9.17, 15) is 29.1 Å². The number of cyclic esters (lactones) is 1. The number of aliphatic hydroxyl groups excluding tert-OH is 1. The van der Waals surface area contributed by atoms with E-state index in [1.54, 1.807) is 26.8 Å². The van der Waals surface area contributed by atoms with E-state index >= 15 is 0 Å². The summed E-state index contributed by atoms with van der Waals surface area (Å²) >= 11 is 0. The maximum Gasteiger partial charge on any atom is 0.326 e. The maximum atomic E-state index is 14.1. The van der Waals surface area contributed by atoms with E-state index in [1.165, 1.54) is 26.8 Å². The molecule has 8 nitrogen and oxygen atoms in total. The third-order valence-corrected chi connectivity index (χ3v) is 9.34. The minimum Gasteiger partial charge on any atom is -0.504 e. The molecule has 0 unspecified atom stereocenters. The molecule has 8 heteroatoms. The Balaban J connectivity index is 2.19. The van der Waals surface area contributed by atoms with E-state index < -0.39 is 68.4 Å². The number of rotatable bonds is 1. The van der Waals surface area contributed by atoms with Gasteiger partial charge in [0.1, 0.15) is 0 Å². The number of methoxy groups -OCH3 is 1. The van der Waals surface area contributed by atoms with Crippen LogP contribution >= 0.6 is 0 Å². The van der Waals surface area contributed by atoms with Crippen molar-refractivity contribution < 1.29 is 38.6 Å². The van der Waals surface area contributed by atoms with Crippen LogP contribution in [0, 0.1) is 33.0 Å². The minimum atomic E-state index is -2.42. The highest BCUT2D eigenvalue weighted by Crippen LogP contribution is 2.74. The molecule has 182 valence electrons. The molecular formula is C26H30O8. The number of Topliss-reactive ketones (excluding diaryl/α,β-unsaturated/α-hetero) is 2. The van der Waals surface area contributed by atoms with Crippen LogP contribution in [-0.2, 0) is 33.4 Å². The molecule has 2 fully saturated rings. The first kappa shape index (κ1) is 24.1. The number of hydrogen-bond acceptors (Lipinski definition) is 8. The summed E-state index contributed by atoms with van der Waals surface area (Å²) in [7, 11) is 1.07. The summed E-state index contributed by atoms with van der Waals surface area (Å²) in [4.78, 5) is 67.9. The fourth-order valence-corrected chi connectivity index (χ4v) is 7.52. The number of hydrogen-bond donors (Lipinski definition) is 1. The van der Waals surface area contributed by atoms with Gasteiger partial charge in [-0.05, 0) is 51.7 Å². The first-order valence-corrected chi connectivity index (χ1v) is 11.3. The third kappa shape index (κ3) is 2.14. The van der Waals surface area contributed by atoms with Crippen molar-refractivity contribution in [1.82, 2.24) is 0 Å². The first-order chi connectivity index (χ1) is 15.5. The molecule has 0 aromatic carbocycles. The Bertz CT molecular complexity index is 1170. The van der Waals surface area contributed by atoms with Crippen molar-refractivity contribution in [2.24, 2.45) is 33.0 Å². The van der Waals surface area contributed by atoms with Gasteiger partial charge < -0.3 is 14.6 Å². The number of carbonyl (C=O) groups is 5. The Morgan fingerprint density at radius 1 is 1.15 bits per heavy atom. The minimum absolute atomic E-state index is 0.102. The summed E-state index contributed by atoms with van der Waals surface area (Å²) in [6, 6.07) is 0. The standard InChI is InChI=1S/C26H30O8/c1-12-11-14-23(5)10-9-15(27)22(3,4)17(23)16(28)19(30)25(14,7)26(20(31)33-8)21(32)34-13(2)18(29)24(12,26)6/h9-10,13-14,28H,1,11H2,2-8H3/t13-,14-,23-,24-,25+,26-/m1/s1. The van der Waals surface area contributed by atoms with Crippen LogP contribution in [0.4, 0.5) is 0 Å². The second kappa shape index (κ2) is 6.55. The van der Waals surface area contributed by atoms with Gasteiger partial charge in [-0.1, -0.05) is 32.1 Å². The van der Waals surface area contributed by atoms with Gasteiger partial charge in [-0.25, -0.2) is 0 Å². The normalized spacial score (nSPS) is 43.1. The van der Waals surface area contributed by atoms with Crippen molar-refractivity contribution in [2.45, 2.75) is 54.1 Å². The lowest BCUT2D eigenvalue weighted by Gasteiger charge is -2.66. The molecule has 0 aromatic heterocycles. The van der Waals surface area contributed by atoms with Crippen molar-refractivity contribution >= 4 is 29.3 Å². The van der Waals surface area contributed by atoms with E-state index in [1.807, 2.05) is 0 Å². The molecule has 1 N–H and O–H groups in total. The van der Waals surface area contributed by atoms with Crippen LogP contribution < -0.4 is 0 Å². The molecule has 34 heavy (non-hydrogen) atoms. The molecule has 0 bridgehead atoms. The number of allylic oxidation sites excluding steroid dienone is 5. The lowest BCUT2D eigenvalue weighted by Crippen LogP contribution is -2.77. The van der Waals surface area contributed by atoms with Crippen molar-refractivity contribution in [3.63, 3.8) is 0 Å². The molecular weight excluding hydrogens is 440 g/mol. The Morgan fingerprint density at radius 2 is 1.74 bits per heavy atom. The molecule has 6 atom stereocenters. The molecule has 1 aliphatic heterocycles. The van der Waals surface area contributed by atoms with Crippen LogP contribution in [0.5, 0.6) is 0 Å². The zero-order valence-electron chi connectivity index (χ0n) is 20.5. The summed E-state index contributed by atoms with van der Waals surface area (Å²) in [5, 5.41) is 11.3. The molecule has 0 radical (unpaired) electrons. The number of ketones is 3. The summed E-state index contributed by atoms with van der Waals surface area (Å²) < 4.78 is 10.5. The van der Waals surface area contributed by atoms with Gasteiger partial charge in [0.05, 0.1) is 23.4 Å². The Kier molecular flexibility index (Phi) is 4.64. The smallest absolute Gasteiger partial charge is 0.326 e. The van der Waals surface area contributed by atoms with Crippen LogP contribution in [0.25, 0.3) is 0 Å².